The van der Waals surface area contributed by atoms with Crippen LogP contribution in [0.2, 0.25) is 0 Å². The lowest BCUT2D eigenvalue weighted by molar-refractivity contribution is 0.0743. The average molecular weight is 325 g/mol. The van der Waals surface area contributed by atoms with E-state index in [0.717, 1.165) is 17.7 Å². The van der Waals surface area contributed by atoms with E-state index in [1.165, 1.54) is 6.92 Å². The quantitative estimate of drug-likeness (QED) is 0.724. The Morgan fingerprint density at radius 2 is 1.71 bits per heavy atom. The number of rotatable bonds is 7. The summed E-state index contributed by atoms with van der Waals surface area (Å²) in [4.78, 5) is 26.2. The van der Waals surface area contributed by atoms with Crippen LogP contribution in [0.5, 0.6) is 5.75 Å². The first-order chi connectivity index (χ1) is 11.5. The van der Waals surface area contributed by atoms with Crippen LogP contribution in [-0.2, 0) is 6.54 Å². The fraction of sp³-hybridized carbons (Fsp3) is 0.300. The Bertz CT molecular complexity index is 707. The smallest absolute Gasteiger partial charge is 0.254 e. The maximum Gasteiger partial charge on any atom is 0.254 e. The van der Waals surface area contributed by atoms with E-state index in [1.807, 2.05) is 31.2 Å². The summed E-state index contributed by atoms with van der Waals surface area (Å²) in [5.74, 6) is 0.693. The molecule has 0 saturated heterocycles. The molecule has 1 amide bonds. The Hall–Kier alpha value is -2.62. The number of Topliss-reactive ketones (excluding diaryl/α,β-unsaturated/α-hetero) is 1. The molecule has 0 aliphatic carbocycles. The van der Waals surface area contributed by atoms with Gasteiger partial charge in [0.2, 0.25) is 0 Å². The van der Waals surface area contributed by atoms with Crippen LogP contribution in [-0.4, -0.2) is 30.2 Å². The summed E-state index contributed by atoms with van der Waals surface area (Å²) in [6.45, 7) is 4.74. The third-order valence-electron chi connectivity index (χ3n) is 3.83. The first-order valence-corrected chi connectivity index (χ1v) is 8.08. The molecule has 0 atom stereocenters. The lowest BCUT2D eigenvalue weighted by atomic mass is 10.1. The second-order valence-corrected chi connectivity index (χ2v) is 5.71. The van der Waals surface area contributed by atoms with Crippen LogP contribution in [0, 0.1) is 0 Å². The number of ether oxygens (including phenoxy) is 1. The van der Waals surface area contributed by atoms with Gasteiger partial charge in [-0.15, -0.1) is 0 Å². The van der Waals surface area contributed by atoms with E-state index in [9.17, 15) is 9.59 Å². The third-order valence-corrected chi connectivity index (χ3v) is 3.83. The van der Waals surface area contributed by atoms with Crippen LogP contribution in [0.15, 0.2) is 48.5 Å². The fourth-order valence-electron chi connectivity index (χ4n) is 2.53. The molecule has 4 heteroatoms. The van der Waals surface area contributed by atoms with Gasteiger partial charge in [0, 0.05) is 24.2 Å². The van der Waals surface area contributed by atoms with E-state index < -0.39 is 0 Å². The number of ketones is 1. The van der Waals surface area contributed by atoms with Gasteiger partial charge in [0.15, 0.2) is 5.78 Å². The molecule has 0 heterocycles. The molecule has 2 aromatic carbocycles. The van der Waals surface area contributed by atoms with Gasteiger partial charge in [0.05, 0.1) is 7.11 Å². The minimum Gasteiger partial charge on any atom is -0.497 e. The van der Waals surface area contributed by atoms with Crippen molar-refractivity contribution in [1.29, 1.82) is 0 Å². The van der Waals surface area contributed by atoms with Gasteiger partial charge < -0.3 is 9.64 Å². The molecule has 0 radical (unpaired) electrons. The first-order valence-electron chi connectivity index (χ1n) is 8.08. The highest BCUT2D eigenvalue weighted by atomic mass is 16.5. The lowest BCUT2D eigenvalue weighted by Gasteiger charge is -2.22. The topological polar surface area (TPSA) is 46.6 Å². The van der Waals surface area contributed by atoms with Gasteiger partial charge in [-0.3, -0.25) is 9.59 Å². The Morgan fingerprint density at radius 3 is 2.29 bits per heavy atom. The molecule has 0 fully saturated rings. The summed E-state index contributed by atoms with van der Waals surface area (Å²) in [7, 11) is 1.63. The molecule has 126 valence electrons. The SMILES string of the molecule is CCCN(Cc1ccc(OC)cc1)C(=O)c1cccc(C(C)=O)c1. The molecule has 0 N–H and O–H groups in total. The summed E-state index contributed by atoms with van der Waals surface area (Å²) < 4.78 is 5.16. The molecule has 4 nitrogen and oxygen atoms in total. The van der Waals surface area contributed by atoms with Crippen molar-refractivity contribution in [3.8, 4) is 5.75 Å². The zero-order valence-electron chi connectivity index (χ0n) is 14.4. The second-order valence-electron chi connectivity index (χ2n) is 5.71. The summed E-state index contributed by atoms with van der Waals surface area (Å²) in [5, 5.41) is 0. The van der Waals surface area contributed by atoms with Crippen molar-refractivity contribution in [2.45, 2.75) is 26.8 Å². The Labute approximate surface area is 143 Å². The molecule has 0 aliphatic heterocycles. The molecule has 2 rings (SSSR count). The van der Waals surface area contributed by atoms with Gasteiger partial charge in [-0.2, -0.15) is 0 Å². The van der Waals surface area contributed by atoms with E-state index in [-0.39, 0.29) is 11.7 Å². The fourth-order valence-corrected chi connectivity index (χ4v) is 2.53. The summed E-state index contributed by atoms with van der Waals surface area (Å²) in [5.41, 5.74) is 2.15. The van der Waals surface area contributed by atoms with E-state index >= 15 is 0 Å². The number of methoxy groups -OCH3 is 1. The number of hydrogen-bond acceptors (Lipinski definition) is 3. The minimum absolute atomic E-state index is 0.0400. The largest absolute Gasteiger partial charge is 0.497 e. The predicted molar refractivity (Wildman–Crippen MR) is 94.5 cm³/mol. The van der Waals surface area contributed by atoms with Gasteiger partial charge in [-0.25, -0.2) is 0 Å². The van der Waals surface area contributed by atoms with E-state index in [0.29, 0.717) is 24.2 Å². The van der Waals surface area contributed by atoms with Gasteiger partial charge in [-0.1, -0.05) is 31.2 Å². The molecule has 0 aliphatic rings. The Balaban J connectivity index is 2.20. The summed E-state index contributed by atoms with van der Waals surface area (Å²) in [6.07, 6.45) is 0.869. The van der Waals surface area contributed by atoms with Crippen molar-refractivity contribution in [1.82, 2.24) is 4.90 Å². The van der Waals surface area contributed by atoms with Crippen molar-refractivity contribution in [3.05, 3.63) is 65.2 Å². The monoisotopic (exact) mass is 325 g/mol. The van der Waals surface area contributed by atoms with E-state index in [1.54, 1.807) is 36.3 Å². The van der Waals surface area contributed by atoms with E-state index in [4.69, 9.17) is 4.74 Å². The van der Waals surface area contributed by atoms with Crippen molar-refractivity contribution < 1.29 is 14.3 Å². The molecule has 0 unspecified atom stereocenters. The number of carbonyl (C=O) groups is 2. The number of amides is 1. The van der Waals surface area contributed by atoms with Crippen molar-refractivity contribution in [2.24, 2.45) is 0 Å². The highest BCUT2D eigenvalue weighted by molar-refractivity contribution is 5.99. The predicted octanol–water partition coefficient (Wildman–Crippen LogP) is 3.95. The zero-order chi connectivity index (χ0) is 17.5. The molecule has 0 bridgehead atoms. The maximum atomic E-state index is 12.8. The zero-order valence-corrected chi connectivity index (χ0v) is 14.4. The maximum absolute atomic E-state index is 12.8. The molecular weight excluding hydrogens is 302 g/mol. The minimum atomic E-state index is -0.0595. The van der Waals surface area contributed by atoms with Crippen LogP contribution in [0.1, 0.15) is 46.5 Å². The van der Waals surface area contributed by atoms with Crippen LogP contribution in [0.25, 0.3) is 0 Å². The van der Waals surface area contributed by atoms with Gasteiger partial charge >= 0.3 is 0 Å². The number of nitrogens with zero attached hydrogens (tertiary/aromatic N) is 1. The molecule has 0 aromatic heterocycles. The van der Waals surface area contributed by atoms with Crippen molar-refractivity contribution >= 4 is 11.7 Å². The van der Waals surface area contributed by atoms with E-state index in [2.05, 4.69) is 0 Å². The number of carbonyl (C=O) groups excluding carboxylic acids is 2. The summed E-state index contributed by atoms with van der Waals surface area (Å²) >= 11 is 0. The van der Waals surface area contributed by atoms with Gasteiger partial charge in [0.25, 0.3) is 5.91 Å². The lowest BCUT2D eigenvalue weighted by Crippen LogP contribution is -2.31. The van der Waals surface area contributed by atoms with Gasteiger partial charge in [0.1, 0.15) is 5.75 Å². The van der Waals surface area contributed by atoms with Crippen molar-refractivity contribution in [3.63, 3.8) is 0 Å². The number of hydrogen-bond donors (Lipinski definition) is 0. The third kappa shape index (κ3) is 4.44. The Morgan fingerprint density at radius 1 is 1.04 bits per heavy atom. The first kappa shape index (κ1) is 17.7. The van der Waals surface area contributed by atoms with Crippen LogP contribution in [0.3, 0.4) is 0 Å². The molecule has 24 heavy (non-hydrogen) atoms. The van der Waals surface area contributed by atoms with Gasteiger partial charge in [-0.05, 0) is 43.2 Å². The highest BCUT2D eigenvalue weighted by Gasteiger charge is 2.16. The standard InChI is InChI=1S/C20H23NO3/c1-4-12-21(14-16-8-10-19(24-3)11-9-16)20(23)18-7-5-6-17(13-18)15(2)22/h5-11,13H,4,12,14H2,1-3H3. The normalized spacial score (nSPS) is 10.3. The Kier molecular flexibility index (Phi) is 6.13. The number of benzene rings is 2. The van der Waals surface area contributed by atoms with Crippen LogP contribution in [0.4, 0.5) is 0 Å². The molecular formula is C20H23NO3. The highest BCUT2D eigenvalue weighted by Crippen LogP contribution is 2.16. The second kappa shape index (κ2) is 8.29. The molecule has 0 saturated carbocycles. The van der Waals surface area contributed by atoms with Crippen molar-refractivity contribution in [2.75, 3.05) is 13.7 Å². The molecule has 2 aromatic rings. The molecule has 0 spiro atoms. The average Bonchev–Trinajstić information content (AvgIpc) is 2.61. The van der Waals surface area contributed by atoms with Crippen LogP contribution >= 0.6 is 0 Å². The summed E-state index contributed by atoms with van der Waals surface area (Å²) in [6, 6.07) is 14.6. The van der Waals surface area contributed by atoms with Crippen LogP contribution < -0.4 is 4.74 Å².